The van der Waals surface area contributed by atoms with Crippen LogP contribution >= 0.6 is 0 Å². The van der Waals surface area contributed by atoms with E-state index in [9.17, 15) is 14.7 Å². The molecule has 2 unspecified atom stereocenters. The number of hydrogen-bond donors (Lipinski definition) is 1. The number of rotatable bonds is 6. The number of benzene rings is 1. The molecule has 1 N–H and O–H groups in total. The summed E-state index contributed by atoms with van der Waals surface area (Å²) in [4.78, 5) is 28.7. The number of carboxylic acid groups (broad SMARTS) is 1. The fraction of sp³-hybridized carbons (Fsp3) is 0.565. The average molecular weight is 432 g/mol. The molecule has 1 aliphatic carbocycles. The van der Waals surface area contributed by atoms with Crippen LogP contribution in [0.25, 0.3) is 10.9 Å². The number of carboxylic acids is 1. The summed E-state index contributed by atoms with van der Waals surface area (Å²) >= 11 is 0. The average Bonchev–Trinajstić information content (AvgIpc) is 3.57. The summed E-state index contributed by atoms with van der Waals surface area (Å²) < 4.78 is 23.0. The molecular formula is C23H30FN3O4. The second-order valence-corrected chi connectivity index (χ2v) is 8.89. The van der Waals surface area contributed by atoms with E-state index in [2.05, 4.69) is 25.9 Å². The van der Waals surface area contributed by atoms with E-state index in [0.29, 0.717) is 42.0 Å². The molecule has 1 aromatic carbocycles. The highest BCUT2D eigenvalue weighted by Gasteiger charge is 2.35. The minimum Gasteiger partial charge on any atom is -0.492 e. The van der Waals surface area contributed by atoms with Crippen molar-refractivity contribution in [1.29, 1.82) is 0 Å². The Morgan fingerprint density at radius 2 is 2.03 bits per heavy atom. The molecule has 2 heterocycles. The van der Waals surface area contributed by atoms with Gasteiger partial charge in [0.25, 0.3) is 0 Å². The van der Waals surface area contributed by atoms with Crippen LogP contribution in [0.15, 0.2) is 17.1 Å². The molecule has 4 rings (SSSR count). The minimum atomic E-state index is -1.30. The van der Waals surface area contributed by atoms with Gasteiger partial charge in [0.2, 0.25) is 5.43 Å². The van der Waals surface area contributed by atoms with Gasteiger partial charge >= 0.3 is 5.97 Å². The van der Waals surface area contributed by atoms with Crippen molar-refractivity contribution < 1.29 is 19.0 Å². The summed E-state index contributed by atoms with van der Waals surface area (Å²) in [5.41, 5.74) is -0.172. The van der Waals surface area contributed by atoms with E-state index in [1.807, 2.05) is 4.90 Å². The molecule has 31 heavy (non-hydrogen) atoms. The summed E-state index contributed by atoms with van der Waals surface area (Å²) in [7, 11) is 5.64. The fourth-order valence-corrected chi connectivity index (χ4v) is 5.03. The Labute approximate surface area is 181 Å². The van der Waals surface area contributed by atoms with Gasteiger partial charge in [-0.3, -0.25) is 4.79 Å². The number of piperidine rings is 1. The van der Waals surface area contributed by atoms with Crippen molar-refractivity contribution in [2.75, 3.05) is 39.2 Å². The molecule has 0 spiro atoms. The van der Waals surface area contributed by atoms with Gasteiger partial charge in [-0.25, -0.2) is 9.18 Å². The first-order valence-corrected chi connectivity index (χ1v) is 10.9. The zero-order chi connectivity index (χ0) is 22.4. The Hall–Kier alpha value is -2.61. The summed E-state index contributed by atoms with van der Waals surface area (Å²) in [5.74, 6) is -1.16. The number of aromatic nitrogens is 1. The van der Waals surface area contributed by atoms with E-state index < -0.39 is 17.2 Å². The third-order valence-electron chi connectivity index (χ3n) is 6.77. The van der Waals surface area contributed by atoms with Crippen LogP contribution in [0.3, 0.4) is 0 Å². The van der Waals surface area contributed by atoms with Gasteiger partial charge in [0.1, 0.15) is 11.3 Å². The number of ether oxygens (including phenoxy) is 1. The van der Waals surface area contributed by atoms with Crippen molar-refractivity contribution in [2.45, 2.75) is 44.7 Å². The fourth-order valence-electron chi connectivity index (χ4n) is 5.03. The third-order valence-corrected chi connectivity index (χ3v) is 6.77. The number of methoxy groups -OCH3 is 1. The van der Waals surface area contributed by atoms with Crippen molar-refractivity contribution >= 4 is 22.6 Å². The largest absolute Gasteiger partial charge is 0.492 e. The number of carbonyl (C=O) groups is 1. The van der Waals surface area contributed by atoms with Gasteiger partial charge in [-0.05, 0) is 45.3 Å². The van der Waals surface area contributed by atoms with Crippen LogP contribution < -0.4 is 15.1 Å². The van der Waals surface area contributed by atoms with Crippen molar-refractivity contribution in [3.63, 3.8) is 0 Å². The van der Waals surface area contributed by atoms with Crippen molar-refractivity contribution in [3.8, 4) is 5.75 Å². The second kappa shape index (κ2) is 8.15. The van der Waals surface area contributed by atoms with Crippen molar-refractivity contribution in [1.82, 2.24) is 9.47 Å². The zero-order valence-electron chi connectivity index (χ0n) is 18.5. The molecule has 2 aliphatic rings. The highest BCUT2D eigenvalue weighted by atomic mass is 19.1. The van der Waals surface area contributed by atoms with Crippen LogP contribution in [0, 0.1) is 11.7 Å². The summed E-state index contributed by atoms with van der Waals surface area (Å²) in [6.07, 6.45) is 5.05. The quantitative estimate of drug-likeness (QED) is 0.756. The van der Waals surface area contributed by atoms with Gasteiger partial charge in [0.05, 0.1) is 18.0 Å². The molecule has 1 aromatic heterocycles. The molecule has 7 nitrogen and oxygen atoms in total. The maximum absolute atomic E-state index is 15.5. The zero-order valence-corrected chi connectivity index (χ0v) is 18.5. The Bertz CT molecular complexity index is 1080. The normalized spacial score (nSPS) is 21.7. The summed E-state index contributed by atoms with van der Waals surface area (Å²) in [6.45, 7) is 3.52. The maximum atomic E-state index is 15.5. The number of halogens is 1. The lowest BCUT2D eigenvalue weighted by atomic mass is 9.88. The number of pyridine rings is 1. The second-order valence-electron chi connectivity index (χ2n) is 8.89. The van der Waals surface area contributed by atoms with Crippen LogP contribution in [-0.2, 0) is 0 Å². The lowest BCUT2D eigenvalue weighted by molar-refractivity contribution is 0.0695. The lowest BCUT2D eigenvalue weighted by Crippen LogP contribution is -2.49. The molecule has 0 amide bonds. The number of anilines is 1. The Kier molecular flexibility index (Phi) is 5.68. The molecule has 8 heteroatoms. The van der Waals surface area contributed by atoms with Gasteiger partial charge in [0.15, 0.2) is 11.6 Å². The number of aromatic carboxylic acids is 1. The van der Waals surface area contributed by atoms with Gasteiger partial charge in [0, 0.05) is 31.4 Å². The predicted molar refractivity (Wildman–Crippen MR) is 118 cm³/mol. The lowest BCUT2D eigenvalue weighted by Gasteiger charge is -2.42. The molecule has 0 bridgehead atoms. The van der Waals surface area contributed by atoms with Gasteiger partial charge in [-0.2, -0.15) is 0 Å². The van der Waals surface area contributed by atoms with Gasteiger partial charge in [-0.15, -0.1) is 0 Å². The van der Waals surface area contributed by atoms with E-state index in [1.165, 1.54) is 19.4 Å². The molecule has 1 aliphatic heterocycles. The molecule has 1 saturated heterocycles. The monoisotopic (exact) mass is 431 g/mol. The van der Waals surface area contributed by atoms with E-state index in [0.717, 1.165) is 25.7 Å². The first-order valence-electron chi connectivity index (χ1n) is 10.9. The SMILES string of the molecule is CCC1CN(c2c(F)cc3c(=O)c(C(=O)O)cn(C4CC4)c3c2OC)CCC1N(C)C. The molecule has 1 saturated carbocycles. The first-order chi connectivity index (χ1) is 14.8. The van der Waals surface area contributed by atoms with Gasteiger partial charge in [-0.1, -0.05) is 13.3 Å². The Balaban J connectivity index is 1.91. The minimum absolute atomic E-state index is 0.0557. The highest BCUT2D eigenvalue weighted by Crippen LogP contribution is 2.44. The van der Waals surface area contributed by atoms with E-state index in [4.69, 9.17) is 4.74 Å². The van der Waals surface area contributed by atoms with Crippen molar-refractivity contribution in [2.24, 2.45) is 5.92 Å². The van der Waals surface area contributed by atoms with E-state index >= 15 is 4.39 Å². The maximum Gasteiger partial charge on any atom is 0.341 e. The smallest absolute Gasteiger partial charge is 0.341 e. The van der Waals surface area contributed by atoms with Gasteiger partial charge < -0.3 is 24.2 Å². The topological polar surface area (TPSA) is 75.0 Å². The molecule has 2 aromatic rings. The summed E-state index contributed by atoms with van der Waals surface area (Å²) in [5, 5.41) is 9.54. The van der Waals surface area contributed by atoms with E-state index in [1.54, 1.807) is 4.57 Å². The standard InChI is InChI=1S/C23H30FN3O4/c1-5-13-11-26(9-8-18(13)25(2)3)20-17(24)10-15-19(22(20)31-4)27(14-6-7-14)12-16(21(15)28)23(29)30/h10,12-14,18H,5-9,11H2,1-4H3,(H,29,30). The predicted octanol–water partition coefficient (Wildman–Crippen LogP) is 3.35. The molecule has 2 fully saturated rings. The number of nitrogens with zero attached hydrogens (tertiary/aromatic N) is 3. The first kappa shape index (κ1) is 21.6. The molecular weight excluding hydrogens is 401 g/mol. The van der Waals surface area contributed by atoms with Crippen LogP contribution in [0.5, 0.6) is 5.75 Å². The molecule has 2 atom stereocenters. The van der Waals surface area contributed by atoms with Crippen LogP contribution in [0.2, 0.25) is 0 Å². The number of hydrogen-bond acceptors (Lipinski definition) is 5. The molecule has 168 valence electrons. The van der Waals surface area contributed by atoms with Crippen LogP contribution in [0.1, 0.15) is 49.0 Å². The Morgan fingerprint density at radius 3 is 2.58 bits per heavy atom. The highest BCUT2D eigenvalue weighted by molar-refractivity contribution is 5.97. The molecule has 0 radical (unpaired) electrons. The van der Waals surface area contributed by atoms with E-state index in [-0.39, 0.29) is 17.0 Å². The van der Waals surface area contributed by atoms with Crippen molar-refractivity contribution in [3.05, 3.63) is 33.9 Å². The Morgan fingerprint density at radius 1 is 1.32 bits per heavy atom. The third kappa shape index (κ3) is 3.67. The van der Waals surface area contributed by atoms with Crippen LogP contribution in [-0.4, -0.2) is 60.9 Å². The summed E-state index contributed by atoms with van der Waals surface area (Å²) in [6, 6.07) is 1.72. The number of fused-ring (bicyclic) bond motifs is 1. The van der Waals surface area contributed by atoms with Crippen LogP contribution in [0.4, 0.5) is 10.1 Å².